The molecule has 0 amide bonds. The van der Waals surface area contributed by atoms with Gasteiger partial charge in [-0.25, -0.2) is 8.78 Å². The highest BCUT2D eigenvalue weighted by Gasteiger charge is 2.39. The minimum Gasteiger partial charge on any atom is -0.392 e. The second-order valence-corrected chi connectivity index (χ2v) is 5.44. The number of aliphatic hydroxyl groups is 1. The van der Waals surface area contributed by atoms with Crippen LogP contribution in [0.3, 0.4) is 0 Å². The predicted octanol–water partition coefficient (Wildman–Crippen LogP) is 2.92. The van der Waals surface area contributed by atoms with E-state index < -0.39 is 12.0 Å². The zero-order valence-electron chi connectivity index (χ0n) is 10.9. The largest absolute Gasteiger partial charge is 0.392 e. The summed E-state index contributed by atoms with van der Waals surface area (Å²) in [5, 5.41) is 10.4. The molecule has 2 rings (SSSR count). The quantitative estimate of drug-likeness (QED) is 0.883. The minimum absolute atomic E-state index is 0.0756. The summed E-state index contributed by atoms with van der Waals surface area (Å²) in [7, 11) is 0. The molecule has 0 radical (unpaired) electrons. The third kappa shape index (κ3) is 3.51. The third-order valence-electron chi connectivity index (χ3n) is 4.14. The van der Waals surface area contributed by atoms with Gasteiger partial charge < -0.3 is 10.8 Å². The van der Waals surface area contributed by atoms with Gasteiger partial charge in [0.25, 0.3) is 0 Å². The molecule has 0 saturated heterocycles. The number of aliphatic hydroxyl groups excluding tert-OH is 1. The average molecular weight is 269 g/mol. The lowest BCUT2D eigenvalue weighted by Gasteiger charge is -2.34. The van der Waals surface area contributed by atoms with Crippen molar-refractivity contribution < 1.29 is 13.9 Å². The number of benzene rings is 1. The summed E-state index contributed by atoms with van der Waals surface area (Å²) in [5.41, 5.74) is 6.74. The fourth-order valence-corrected chi connectivity index (χ4v) is 2.91. The van der Waals surface area contributed by atoms with Gasteiger partial charge in [-0.15, -0.1) is 0 Å². The first kappa shape index (κ1) is 14.4. The molecular weight excluding hydrogens is 248 g/mol. The molecule has 3 N–H and O–H groups in total. The molecule has 19 heavy (non-hydrogen) atoms. The number of rotatable bonds is 4. The standard InChI is InChI=1S/C15H21F2NO/c16-15(17)8-6-12(7-9-15)14(19)13(10-18)11-4-2-1-3-5-11/h1-5,12-14,19H,6-10,18H2. The SMILES string of the molecule is NCC(c1ccccc1)C(O)C1CCC(F)(F)CC1. The van der Waals surface area contributed by atoms with Gasteiger partial charge in [-0.05, 0) is 24.3 Å². The summed E-state index contributed by atoms with van der Waals surface area (Å²) in [6.45, 7) is 0.331. The van der Waals surface area contributed by atoms with Gasteiger partial charge in [0, 0.05) is 25.3 Å². The van der Waals surface area contributed by atoms with E-state index in [1.165, 1.54) is 0 Å². The fourth-order valence-electron chi connectivity index (χ4n) is 2.91. The lowest BCUT2D eigenvalue weighted by molar-refractivity contribution is -0.0651. The van der Waals surface area contributed by atoms with Crippen LogP contribution in [0, 0.1) is 5.92 Å². The van der Waals surface area contributed by atoms with E-state index in [1.54, 1.807) is 0 Å². The molecule has 1 aromatic rings. The van der Waals surface area contributed by atoms with E-state index in [0.29, 0.717) is 19.4 Å². The summed E-state index contributed by atoms with van der Waals surface area (Å²) in [4.78, 5) is 0. The van der Waals surface area contributed by atoms with E-state index in [-0.39, 0.29) is 24.7 Å². The smallest absolute Gasteiger partial charge is 0.248 e. The normalized spacial score (nSPS) is 22.9. The summed E-state index contributed by atoms with van der Waals surface area (Å²) in [6, 6.07) is 9.57. The topological polar surface area (TPSA) is 46.2 Å². The third-order valence-corrected chi connectivity index (χ3v) is 4.14. The maximum atomic E-state index is 13.1. The molecule has 0 bridgehead atoms. The predicted molar refractivity (Wildman–Crippen MR) is 71.1 cm³/mol. The van der Waals surface area contributed by atoms with E-state index in [4.69, 9.17) is 5.73 Å². The van der Waals surface area contributed by atoms with Crippen LogP contribution in [0.1, 0.15) is 37.2 Å². The second-order valence-electron chi connectivity index (χ2n) is 5.44. The zero-order valence-corrected chi connectivity index (χ0v) is 10.9. The highest BCUT2D eigenvalue weighted by molar-refractivity contribution is 5.21. The van der Waals surface area contributed by atoms with Crippen molar-refractivity contribution in [2.24, 2.45) is 11.7 Å². The van der Waals surface area contributed by atoms with E-state index in [1.807, 2.05) is 30.3 Å². The Morgan fingerprint density at radius 1 is 1.21 bits per heavy atom. The van der Waals surface area contributed by atoms with Crippen molar-refractivity contribution in [3.05, 3.63) is 35.9 Å². The second kappa shape index (κ2) is 5.97. The number of halogens is 2. The van der Waals surface area contributed by atoms with Crippen molar-refractivity contribution in [1.29, 1.82) is 0 Å². The van der Waals surface area contributed by atoms with Gasteiger partial charge in [-0.3, -0.25) is 0 Å². The van der Waals surface area contributed by atoms with Gasteiger partial charge in [-0.1, -0.05) is 30.3 Å². The van der Waals surface area contributed by atoms with Crippen LogP contribution >= 0.6 is 0 Å². The highest BCUT2D eigenvalue weighted by atomic mass is 19.3. The molecule has 0 heterocycles. The van der Waals surface area contributed by atoms with E-state index >= 15 is 0 Å². The monoisotopic (exact) mass is 269 g/mol. The number of hydrogen-bond donors (Lipinski definition) is 2. The van der Waals surface area contributed by atoms with E-state index in [2.05, 4.69) is 0 Å². The van der Waals surface area contributed by atoms with Crippen LogP contribution in [0.4, 0.5) is 8.78 Å². The molecule has 1 aliphatic carbocycles. The Morgan fingerprint density at radius 2 is 1.79 bits per heavy atom. The lowest BCUT2D eigenvalue weighted by atomic mass is 9.77. The van der Waals surface area contributed by atoms with Crippen LogP contribution in [0.25, 0.3) is 0 Å². The van der Waals surface area contributed by atoms with Crippen molar-refractivity contribution in [2.45, 2.75) is 43.6 Å². The Balaban J connectivity index is 2.04. The number of alkyl halides is 2. The average Bonchev–Trinajstić information content (AvgIpc) is 2.40. The maximum absolute atomic E-state index is 13.1. The van der Waals surface area contributed by atoms with Crippen molar-refractivity contribution in [3.63, 3.8) is 0 Å². The van der Waals surface area contributed by atoms with Crippen molar-refractivity contribution in [2.75, 3.05) is 6.54 Å². The summed E-state index contributed by atoms with van der Waals surface area (Å²) in [6.07, 6.45) is -0.139. The zero-order chi connectivity index (χ0) is 13.9. The molecule has 2 unspecified atom stereocenters. The van der Waals surface area contributed by atoms with E-state index in [9.17, 15) is 13.9 Å². The van der Waals surface area contributed by atoms with Crippen LogP contribution < -0.4 is 5.73 Å². The number of hydrogen-bond acceptors (Lipinski definition) is 2. The molecule has 0 aliphatic heterocycles. The first-order valence-electron chi connectivity index (χ1n) is 6.84. The molecule has 4 heteroatoms. The van der Waals surface area contributed by atoms with Gasteiger partial charge in [0.15, 0.2) is 0 Å². The molecule has 1 fully saturated rings. The molecule has 0 aromatic heterocycles. The van der Waals surface area contributed by atoms with Crippen LogP contribution in [0.5, 0.6) is 0 Å². The van der Waals surface area contributed by atoms with Crippen LogP contribution in [0.2, 0.25) is 0 Å². The molecule has 106 valence electrons. The Kier molecular flexibility index (Phi) is 4.53. The Labute approximate surface area is 112 Å². The van der Waals surface area contributed by atoms with Crippen molar-refractivity contribution in [1.82, 2.24) is 0 Å². The highest BCUT2D eigenvalue weighted by Crippen LogP contribution is 2.40. The fraction of sp³-hybridized carbons (Fsp3) is 0.600. The van der Waals surface area contributed by atoms with Gasteiger partial charge in [0.1, 0.15) is 0 Å². The Hall–Kier alpha value is -1.00. The molecule has 0 spiro atoms. The molecule has 2 nitrogen and oxygen atoms in total. The molecular formula is C15H21F2NO. The van der Waals surface area contributed by atoms with Gasteiger partial charge in [0.05, 0.1) is 6.10 Å². The first-order valence-corrected chi connectivity index (χ1v) is 6.84. The molecule has 1 aliphatic rings. The molecule has 2 atom stereocenters. The van der Waals surface area contributed by atoms with E-state index in [0.717, 1.165) is 5.56 Å². The summed E-state index contributed by atoms with van der Waals surface area (Å²) < 4.78 is 26.3. The van der Waals surface area contributed by atoms with Gasteiger partial charge in [0.2, 0.25) is 5.92 Å². The lowest BCUT2D eigenvalue weighted by Crippen LogP contribution is -2.37. The van der Waals surface area contributed by atoms with Crippen molar-refractivity contribution >= 4 is 0 Å². The van der Waals surface area contributed by atoms with Crippen molar-refractivity contribution in [3.8, 4) is 0 Å². The number of nitrogens with two attached hydrogens (primary N) is 1. The van der Waals surface area contributed by atoms with Gasteiger partial charge in [-0.2, -0.15) is 0 Å². The van der Waals surface area contributed by atoms with Crippen LogP contribution in [0.15, 0.2) is 30.3 Å². The minimum atomic E-state index is -2.55. The van der Waals surface area contributed by atoms with Gasteiger partial charge >= 0.3 is 0 Å². The molecule has 1 saturated carbocycles. The summed E-state index contributed by atoms with van der Waals surface area (Å²) >= 11 is 0. The van der Waals surface area contributed by atoms with Crippen LogP contribution in [-0.2, 0) is 0 Å². The maximum Gasteiger partial charge on any atom is 0.248 e. The Bertz CT molecular complexity index is 386. The Morgan fingerprint density at radius 3 is 2.32 bits per heavy atom. The summed E-state index contributed by atoms with van der Waals surface area (Å²) in [5.74, 6) is -2.80. The van der Waals surface area contributed by atoms with Crippen LogP contribution in [-0.4, -0.2) is 23.7 Å². The molecule has 1 aromatic carbocycles. The first-order chi connectivity index (χ1) is 9.03.